The molecule has 0 spiro atoms. The van der Waals surface area contributed by atoms with Crippen LogP contribution in [0.3, 0.4) is 0 Å². The molecule has 4 aromatic rings. The number of ether oxygens (including phenoxy) is 1. The van der Waals surface area contributed by atoms with Gasteiger partial charge < -0.3 is 20.5 Å². The Kier molecular flexibility index (Phi) is 7.51. The highest BCUT2D eigenvalue weighted by molar-refractivity contribution is 7.22. The average Bonchev–Trinajstić information content (AvgIpc) is 3.23. The molecule has 0 bridgehead atoms. The number of hydrogen-bond acceptors (Lipinski definition) is 6. The van der Waals surface area contributed by atoms with E-state index in [1.807, 2.05) is 0 Å². The first-order valence-electron chi connectivity index (χ1n) is 11.6. The number of aromatic nitrogens is 1. The van der Waals surface area contributed by atoms with Crippen LogP contribution in [0.25, 0.3) is 21.3 Å². The second-order valence-electron chi connectivity index (χ2n) is 9.70. The van der Waals surface area contributed by atoms with Gasteiger partial charge in [-0.25, -0.2) is 14.2 Å². The summed E-state index contributed by atoms with van der Waals surface area (Å²) < 4.78 is 56.7. The molecule has 0 aliphatic rings. The molecule has 12 heteroatoms. The van der Waals surface area contributed by atoms with Crippen LogP contribution in [0, 0.1) is 11.2 Å². The summed E-state index contributed by atoms with van der Waals surface area (Å²) in [7, 11) is 0. The van der Waals surface area contributed by atoms with E-state index in [0.29, 0.717) is 21.3 Å². The lowest BCUT2D eigenvalue weighted by Crippen LogP contribution is -2.49. The van der Waals surface area contributed by atoms with Crippen LogP contribution >= 0.6 is 11.3 Å². The normalized spacial score (nSPS) is 12.7. The summed E-state index contributed by atoms with van der Waals surface area (Å²) in [6, 6.07) is 13.4. The van der Waals surface area contributed by atoms with Gasteiger partial charge in [0.2, 0.25) is 0 Å². The molecule has 1 amide bonds. The van der Waals surface area contributed by atoms with E-state index < -0.39 is 35.5 Å². The standard InChI is InChI=1S/C27H23F4N3O4S/c1-26(2,3)22(24(36)37)34-23(35)15-6-4-14(5-7-15)16-8-10-19(18(28)12-16)32-25-33-20-11-9-17(13-21(20)39-25)38-27(29,30)31/h4-13,22H,1-3H3,(H,32,33)(H,34,35)(H,36,37)/t22-/m1/s1. The van der Waals surface area contributed by atoms with Crippen molar-refractivity contribution in [1.82, 2.24) is 10.3 Å². The first-order chi connectivity index (χ1) is 18.2. The second-order valence-corrected chi connectivity index (χ2v) is 10.7. The maximum Gasteiger partial charge on any atom is 0.573 e. The Labute approximate surface area is 224 Å². The van der Waals surface area contributed by atoms with Gasteiger partial charge in [-0.15, -0.1) is 13.2 Å². The zero-order chi connectivity index (χ0) is 28.5. The number of thiazole rings is 1. The van der Waals surface area contributed by atoms with Crippen molar-refractivity contribution in [2.45, 2.75) is 33.2 Å². The quantitative estimate of drug-likeness (QED) is 0.211. The average molecular weight is 562 g/mol. The van der Waals surface area contributed by atoms with E-state index in [-0.39, 0.29) is 22.1 Å². The van der Waals surface area contributed by atoms with Crippen LogP contribution in [-0.4, -0.2) is 34.4 Å². The summed E-state index contributed by atoms with van der Waals surface area (Å²) in [5.41, 5.74) is 1.26. The van der Waals surface area contributed by atoms with Crippen LogP contribution in [-0.2, 0) is 4.79 Å². The summed E-state index contributed by atoms with van der Waals surface area (Å²) >= 11 is 1.04. The lowest BCUT2D eigenvalue weighted by atomic mass is 9.86. The number of hydrogen-bond donors (Lipinski definition) is 3. The van der Waals surface area contributed by atoms with Crippen molar-refractivity contribution in [3.05, 3.63) is 72.0 Å². The van der Waals surface area contributed by atoms with E-state index in [2.05, 4.69) is 20.4 Å². The second kappa shape index (κ2) is 10.5. The highest BCUT2D eigenvalue weighted by Gasteiger charge is 2.33. The van der Waals surface area contributed by atoms with Gasteiger partial charge in [0.25, 0.3) is 5.91 Å². The number of nitrogens with one attached hydrogen (secondary N) is 2. The topological polar surface area (TPSA) is 101 Å². The van der Waals surface area contributed by atoms with Crippen molar-refractivity contribution in [3.63, 3.8) is 0 Å². The van der Waals surface area contributed by atoms with Crippen molar-refractivity contribution in [2.75, 3.05) is 5.32 Å². The molecule has 1 atom stereocenters. The number of benzene rings is 3. The molecule has 3 N–H and O–H groups in total. The van der Waals surface area contributed by atoms with Crippen LogP contribution in [0.1, 0.15) is 31.1 Å². The lowest BCUT2D eigenvalue weighted by molar-refractivity contribution is -0.274. The molecule has 0 aliphatic heterocycles. The van der Waals surface area contributed by atoms with Gasteiger partial charge in [0.15, 0.2) is 5.13 Å². The van der Waals surface area contributed by atoms with Gasteiger partial charge in [0, 0.05) is 11.6 Å². The molecule has 1 aromatic heterocycles. The fourth-order valence-corrected chi connectivity index (χ4v) is 4.65. The van der Waals surface area contributed by atoms with Gasteiger partial charge in [-0.2, -0.15) is 0 Å². The third-order valence-electron chi connectivity index (χ3n) is 5.67. The summed E-state index contributed by atoms with van der Waals surface area (Å²) in [5, 5.41) is 15.1. The van der Waals surface area contributed by atoms with Crippen LogP contribution < -0.4 is 15.4 Å². The molecular weight excluding hydrogens is 538 g/mol. The summed E-state index contributed by atoms with van der Waals surface area (Å²) in [4.78, 5) is 28.4. The van der Waals surface area contributed by atoms with Crippen molar-refractivity contribution in [3.8, 4) is 16.9 Å². The molecule has 0 saturated heterocycles. The molecule has 0 aliphatic carbocycles. The number of carbonyl (C=O) groups is 2. The number of amides is 1. The number of nitrogens with zero attached hydrogens (tertiary/aromatic N) is 1. The Morgan fingerprint density at radius 1 is 0.974 bits per heavy atom. The molecule has 1 heterocycles. The third-order valence-corrected chi connectivity index (χ3v) is 6.61. The minimum Gasteiger partial charge on any atom is -0.480 e. The number of halogens is 4. The predicted molar refractivity (Wildman–Crippen MR) is 140 cm³/mol. The minimum atomic E-state index is -4.81. The number of aliphatic carboxylic acids is 1. The van der Waals surface area contributed by atoms with Crippen LogP contribution in [0.15, 0.2) is 60.7 Å². The Morgan fingerprint density at radius 3 is 2.23 bits per heavy atom. The van der Waals surface area contributed by atoms with Crippen LogP contribution in [0.2, 0.25) is 0 Å². The number of anilines is 2. The zero-order valence-electron chi connectivity index (χ0n) is 20.9. The largest absolute Gasteiger partial charge is 0.573 e. The van der Waals surface area contributed by atoms with Gasteiger partial charge in [-0.05, 0) is 52.9 Å². The number of fused-ring (bicyclic) bond motifs is 1. The van der Waals surface area contributed by atoms with E-state index in [1.54, 1.807) is 39.0 Å². The van der Waals surface area contributed by atoms with Crippen LogP contribution in [0.5, 0.6) is 5.75 Å². The van der Waals surface area contributed by atoms with Gasteiger partial charge >= 0.3 is 12.3 Å². The Bertz CT molecular complexity index is 1530. The van der Waals surface area contributed by atoms with E-state index in [9.17, 15) is 32.3 Å². The fourth-order valence-electron chi connectivity index (χ4n) is 3.74. The minimum absolute atomic E-state index is 0.113. The van der Waals surface area contributed by atoms with Gasteiger partial charge in [-0.3, -0.25) is 4.79 Å². The number of carboxylic acids is 1. The predicted octanol–water partition coefficient (Wildman–Crippen LogP) is 6.97. The first-order valence-corrected chi connectivity index (χ1v) is 12.4. The summed E-state index contributed by atoms with van der Waals surface area (Å²) in [5.74, 6) is -2.64. The van der Waals surface area contributed by atoms with Gasteiger partial charge in [-0.1, -0.05) is 50.3 Å². The van der Waals surface area contributed by atoms with E-state index in [0.717, 1.165) is 17.4 Å². The SMILES string of the molecule is CC(C)(C)[C@H](NC(=O)c1ccc(-c2ccc(Nc3nc4ccc(OC(F)(F)F)cc4s3)c(F)c2)cc1)C(=O)O. The number of rotatable bonds is 7. The van der Waals surface area contributed by atoms with E-state index >= 15 is 0 Å². The first kappa shape index (κ1) is 27.8. The van der Waals surface area contributed by atoms with Gasteiger partial charge in [0.1, 0.15) is 17.6 Å². The molecule has 4 rings (SSSR count). The van der Waals surface area contributed by atoms with E-state index in [4.69, 9.17) is 0 Å². The monoisotopic (exact) mass is 561 g/mol. The number of carboxylic acid groups (broad SMARTS) is 1. The molecular formula is C27H23F4N3O4S. The third kappa shape index (κ3) is 6.82. The van der Waals surface area contributed by atoms with Crippen molar-refractivity contribution in [1.29, 1.82) is 0 Å². The smallest absolute Gasteiger partial charge is 0.480 e. The van der Waals surface area contributed by atoms with Crippen LogP contribution in [0.4, 0.5) is 28.4 Å². The summed E-state index contributed by atoms with van der Waals surface area (Å²) in [6.45, 7) is 5.13. The lowest BCUT2D eigenvalue weighted by Gasteiger charge is -2.27. The zero-order valence-corrected chi connectivity index (χ0v) is 21.7. The van der Waals surface area contributed by atoms with Crippen molar-refractivity contribution >= 4 is 44.2 Å². The Balaban J connectivity index is 1.47. The molecule has 3 aromatic carbocycles. The summed E-state index contributed by atoms with van der Waals surface area (Å²) in [6.07, 6.45) is -4.81. The molecule has 7 nitrogen and oxygen atoms in total. The van der Waals surface area contributed by atoms with Crippen molar-refractivity contribution < 1.29 is 37.0 Å². The molecule has 0 unspecified atom stereocenters. The van der Waals surface area contributed by atoms with E-state index in [1.165, 1.54) is 36.4 Å². The molecule has 0 radical (unpaired) electrons. The Morgan fingerprint density at radius 2 is 1.64 bits per heavy atom. The maximum absolute atomic E-state index is 14.9. The highest BCUT2D eigenvalue weighted by Crippen LogP contribution is 2.34. The highest BCUT2D eigenvalue weighted by atomic mass is 32.1. The molecule has 204 valence electrons. The Hall–Kier alpha value is -4.19. The van der Waals surface area contributed by atoms with Gasteiger partial charge in [0.05, 0.1) is 15.9 Å². The van der Waals surface area contributed by atoms with Crippen molar-refractivity contribution in [2.24, 2.45) is 5.41 Å². The maximum atomic E-state index is 14.9. The number of carbonyl (C=O) groups excluding carboxylic acids is 1. The fraction of sp³-hybridized carbons (Fsp3) is 0.222. The number of alkyl halides is 3. The molecule has 39 heavy (non-hydrogen) atoms. The molecule has 0 fully saturated rings. The molecule has 0 saturated carbocycles.